The molecule has 1 N–H and O–H groups in total. The number of rotatable bonds is 5. The van der Waals surface area contributed by atoms with Crippen molar-refractivity contribution in [2.24, 2.45) is 0 Å². The Bertz CT molecular complexity index is 906. The lowest BCUT2D eigenvalue weighted by molar-refractivity contribution is -0.171. The van der Waals surface area contributed by atoms with E-state index in [0.29, 0.717) is 31.6 Å². The molecule has 0 aliphatic heterocycles. The maximum atomic E-state index is 13.3. The van der Waals surface area contributed by atoms with E-state index in [1.165, 1.54) is 0 Å². The van der Waals surface area contributed by atoms with E-state index in [0.717, 1.165) is 21.8 Å². The molecular formula is C22H28F3N5O. The Morgan fingerprint density at radius 3 is 2.23 bits per heavy atom. The highest BCUT2D eigenvalue weighted by Gasteiger charge is 2.45. The Hall–Kier alpha value is -2.84. The van der Waals surface area contributed by atoms with Crippen LogP contribution in [0.4, 0.5) is 30.6 Å². The lowest BCUT2D eigenvalue weighted by Gasteiger charge is -2.37. The molecule has 1 aliphatic carbocycles. The van der Waals surface area contributed by atoms with E-state index in [-0.39, 0.29) is 11.7 Å². The topological polar surface area (TPSA) is 61.4 Å². The smallest absolute Gasteiger partial charge is 0.362 e. The van der Waals surface area contributed by atoms with Gasteiger partial charge in [-0.15, -0.1) is 0 Å². The number of aromatic nitrogens is 2. The van der Waals surface area contributed by atoms with Gasteiger partial charge in [0.15, 0.2) is 0 Å². The molecule has 0 unspecified atom stereocenters. The zero-order chi connectivity index (χ0) is 22.8. The summed E-state index contributed by atoms with van der Waals surface area (Å²) in [4.78, 5) is 23.9. The van der Waals surface area contributed by atoms with Crippen LogP contribution in [-0.2, 0) is 4.79 Å². The van der Waals surface area contributed by atoms with E-state index < -0.39 is 18.1 Å². The molecule has 1 amide bonds. The number of aryl methyl sites for hydroxylation is 2. The quantitative estimate of drug-likeness (QED) is 0.751. The monoisotopic (exact) mass is 435 g/mol. The first-order chi connectivity index (χ1) is 14.6. The highest BCUT2D eigenvalue weighted by Crippen LogP contribution is 2.32. The Balaban J connectivity index is 1.71. The molecule has 0 radical (unpaired) electrons. The zero-order valence-corrected chi connectivity index (χ0v) is 18.2. The van der Waals surface area contributed by atoms with Gasteiger partial charge in [-0.3, -0.25) is 4.79 Å². The van der Waals surface area contributed by atoms with Crippen molar-refractivity contribution in [2.75, 3.05) is 29.2 Å². The van der Waals surface area contributed by atoms with Gasteiger partial charge in [0.05, 0.1) is 0 Å². The maximum absolute atomic E-state index is 13.3. The van der Waals surface area contributed by atoms with Gasteiger partial charge < -0.3 is 15.1 Å². The molecule has 168 valence electrons. The van der Waals surface area contributed by atoms with Crippen molar-refractivity contribution in [3.05, 3.63) is 41.6 Å². The van der Waals surface area contributed by atoms with Crippen LogP contribution >= 0.6 is 0 Å². The van der Waals surface area contributed by atoms with Crippen molar-refractivity contribution in [3.63, 3.8) is 0 Å². The van der Waals surface area contributed by atoms with E-state index in [4.69, 9.17) is 0 Å². The van der Waals surface area contributed by atoms with Crippen molar-refractivity contribution < 1.29 is 18.0 Å². The van der Waals surface area contributed by atoms with Crippen LogP contribution in [-0.4, -0.2) is 48.2 Å². The molecule has 0 saturated heterocycles. The summed E-state index contributed by atoms with van der Waals surface area (Å²) in [5, 5.41) is 3.29. The standard InChI is InChI=1S/C22H28F3N5O/c1-14-5-9-17(10-6-14)30(20(31)22(23,24)25)18-11-7-16(8-12-18)27-21-26-13-15(2)19(28-21)29(3)4/h5-6,9-10,13,16,18H,7-8,11-12H2,1-4H3,(H,26,27,28). The number of nitrogens with one attached hydrogen (secondary N) is 1. The number of hydrogen-bond acceptors (Lipinski definition) is 5. The molecule has 0 spiro atoms. The molecule has 9 heteroatoms. The van der Waals surface area contributed by atoms with Gasteiger partial charge in [0.1, 0.15) is 5.82 Å². The van der Waals surface area contributed by atoms with Gasteiger partial charge in [0, 0.05) is 43.6 Å². The fraction of sp³-hybridized carbons (Fsp3) is 0.500. The molecule has 1 aliphatic rings. The fourth-order valence-corrected chi connectivity index (χ4v) is 3.95. The zero-order valence-electron chi connectivity index (χ0n) is 18.2. The largest absolute Gasteiger partial charge is 0.471 e. The first-order valence-corrected chi connectivity index (χ1v) is 10.3. The summed E-state index contributed by atoms with van der Waals surface area (Å²) in [5.41, 5.74) is 2.16. The molecule has 1 aromatic heterocycles. The summed E-state index contributed by atoms with van der Waals surface area (Å²) in [6.07, 6.45) is -1.02. The number of hydrogen-bond donors (Lipinski definition) is 1. The predicted octanol–water partition coefficient (Wildman–Crippen LogP) is 4.48. The lowest BCUT2D eigenvalue weighted by Crippen LogP contribution is -2.49. The van der Waals surface area contributed by atoms with Gasteiger partial charge in [-0.1, -0.05) is 17.7 Å². The molecule has 1 heterocycles. The van der Waals surface area contributed by atoms with Crippen LogP contribution in [0.1, 0.15) is 36.8 Å². The third-order valence-corrected chi connectivity index (χ3v) is 5.54. The van der Waals surface area contributed by atoms with Crippen molar-refractivity contribution in [1.82, 2.24) is 9.97 Å². The number of nitrogens with zero attached hydrogens (tertiary/aromatic N) is 4. The molecule has 3 rings (SSSR count). The highest BCUT2D eigenvalue weighted by molar-refractivity contribution is 5.97. The van der Waals surface area contributed by atoms with Gasteiger partial charge in [0.25, 0.3) is 0 Å². The van der Waals surface area contributed by atoms with Crippen LogP contribution in [0.25, 0.3) is 0 Å². The normalized spacial score (nSPS) is 19.1. The van der Waals surface area contributed by atoms with Crippen LogP contribution in [0.5, 0.6) is 0 Å². The van der Waals surface area contributed by atoms with Crippen LogP contribution in [0.15, 0.2) is 30.5 Å². The number of anilines is 3. The number of carbonyl (C=O) groups is 1. The number of alkyl halides is 3. The Labute approximate surface area is 180 Å². The number of amides is 1. The van der Waals surface area contributed by atoms with E-state index >= 15 is 0 Å². The number of carbonyl (C=O) groups excluding carboxylic acids is 1. The summed E-state index contributed by atoms with van der Waals surface area (Å²) in [7, 11) is 3.81. The molecule has 2 aromatic rings. The Kier molecular flexibility index (Phi) is 6.71. The third-order valence-electron chi connectivity index (χ3n) is 5.54. The summed E-state index contributed by atoms with van der Waals surface area (Å²) < 4.78 is 39.9. The van der Waals surface area contributed by atoms with Crippen molar-refractivity contribution in [2.45, 2.75) is 57.8 Å². The Morgan fingerprint density at radius 2 is 1.68 bits per heavy atom. The Morgan fingerprint density at radius 1 is 1.06 bits per heavy atom. The van der Waals surface area contributed by atoms with Crippen LogP contribution in [0.3, 0.4) is 0 Å². The molecule has 0 atom stereocenters. The second kappa shape index (κ2) is 9.11. The average molecular weight is 435 g/mol. The lowest BCUT2D eigenvalue weighted by atomic mass is 9.89. The molecule has 1 saturated carbocycles. The summed E-state index contributed by atoms with van der Waals surface area (Å²) in [6, 6.07) is 6.12. The van der Waals surface area contributed by atoms with Gasteiger partial charge in [0.2, 0.25) is 5.95 Å². The van der Waals surface area contributed by atoms with Crippen LogP contribution < -0.4 is 15.1 Å². The van der Waals surface area contributed by atoms with E-state index in [1.807, 2.05) is 32.8 Å². The number of benzene rings is 1. The minimum atomic E-state index is -4.92. The summed E-state index contributed by atoms with van der Waals surface area (Å²) >= 11 is 0. The predicted molar refractivity (Wildman–Crippen MR) is 115 cm³/mol. The summed E-state index contributed by atoms with van der Waals surface area (Å²) in [6.45, 7) is 3.78. The minimum absolute atomic E-state index is 0.0369. The maximum Gasteiger partial charge on any atom is 0.471 e. The van der Waals surface area contributed by atoms with E-state index in [2.05, 4.69) is 15.3 Å². The molecule has 1 fully saturated rings. The van der Waals surface area contributed by atoms with Gasteiger partial charge >= 0.3 is 12.1 Å². The van der Waals surface area contributed by atoms with E-state index in [1.54, 1.807) is 30.5 Å². The van der Waals surface area contributed by atoms with Crippen molar-refractivity contribution >= 4 is 23.4 Å². The fourth-order valence-electron chi connectivity index (χ4n) is 3.95. The average Bonchev–Trinajstić information content (AvgIpc) is 2.71. The van der Waals surface area contributed by atoms with E-state index in [9.17, 15) is 18.0 Å². The molecule has 0 bridgehead atoms. The van der Waals surface area contributed by atoms with Gasteiger partial charge in [-0.05, 0) is 51.7 Å². The van der Waals surface area contributed by atoms with Gasteiger partial charge in [-0.25, -0.2) is 4.98 Å². The SMILES string of the molecule is Cc1ccc(N(C(=O)C(F)(F)F)C2CCC(Nc3ncc(C)c(N(C)C)n3)CC2)cc1. The second-order valence-electron chi connectivity index (χ2n) is 8.25. The van der Waals surface area contributed by atoms with Crippen LogP contribution in [0, 0.1) is 13.8 Å². The van der Waals surface area contributed by atoms with Gasteiger partial charge in [-0.2, -0.15) is 18.2 Å². The first kappa shape index (κ1) is 22.8. The number of halogens is 3. The molecule has 31 heavy (non-hydrogen) atoms. The molecule has 1 aromatic carbocycles. The van der Waals surface area contributed by atoms with Crippen molar-refractivity contribution in [3.8, 4) is 0 Å². The second-order valence-corrected chi connectivity index (χ2v) is 8.25. The molecule has 6 nitrogen and oxygen atoms in total. The molecular weight excluding hydrogens is 407 g/mol. The first-order valence-electron chi connectivity index (χ1n) is 10.3. The highest BCUT2D eigenvalue weighted by atomic mass is 19.4. The van der Waals surface area contributed by atoms with Crippen molar-refractivity contribution in [1.29, 1.82) is 0 Å². The van der Waals surface area contributed by atoms with Crippen LogP contribution in [0.2, 0.25) is 0 Å². The minimum Gasteiger partial charge on any atom is -0.362 e. The summed E-state index contributed by atoms with van der Waals surface area (Å²) in [5.74, 6) is -0.503. The third kappa shape index (κ3) is 5.45.